The number of rotatable bonds is 11. The van der Waals surface area contributed by atoms with Gasteiger partial charge in [-0.3, -0.25) is 0 Å². The van der Waals surface area contributed by atoms with Gasteiger partial charge in [-0.2, -0.15) is 0 Å². The number of unbranched alkanes of at least 4 members (excludes halogenated alkanes) is 1. The van der Waals surface area contributed by atoms with E-state index in [9.17, 15) is 0 Å². The minimum Gasteiger partial charge on any atom is -0.370 e. The molecule has 0 amide bonds. The largest absolute Gasteiger partial charge is 0.370 e. The maximum atomic E-state index is 4.51. The second-order valence-electron chi connectivity index (χ2n) is 5.60. The van der Waals surface area contributed by atoms with Crippen molar-refractivity contribution in [1.82, 2.24) is 9.97 Å². The van der Waals surface area contributed by atoms with Gasteiger partial charge < -0.3 is 10.6 Å². The fourth-order valence-electron chi connectivity index (χ4n) is 2.62. The van der Waals surface area contributed by atoms with Crippen LogP contribution in [0.25, 0.3) is 0 Å². The molecule has 1 rings (SSSR count). The van der Waals surface area contributed by atoms with E-state index < -0.39 is 0 Å². The van der Waals surface area contributed by atoms with Crippen LogP contribution in [0.2, 0.25) is 0 Å². The van der Waals surface area contributed by atoms with E-state index in [2.05, 4.69) is 48.3 Å². The summed E-state index contributed by atoms with van der Waals surface area (Å²) in [5.74, 6) is 2.01. The summed E-state index contributed by atoms with van der Waals surface area (Å²) in [6.07, 6.45) is 9.93. The number of nitrogens with one attached hydrogen (secondary N) is 2. The highest BCUT2D eigenvalue weighted by molar-refractivity contribution is 5.57. The molecule has 0 fully saturated rings. The quantitative estimate of drug-likeness (QED) is 0.624. The summed E-state index contributed by atoms with van der Waals surface area (Å²) in [5.41, 5.74) is 1.24. The van der Waals surface area contributed by atoms with Gasteiger partial charge in [0, 0.05) is 18.2 Å². The lowest BCUT2D eigenvalue weighted by Gasteiger charge is -2.21. The lowest BCUT2D eigenvalue weighted by Crippen LogP contribution is -2.21. The average molecular weight is 292 g/mol. The van der Waals surface area contributed by atoms with E-state index in [1.807, 2.05) is 0 Å². The van der Waals surface area contributed by atoms with Crippen LogP contribution in [-0.2, 0) is 6.42 Å². The summed E-state index contributed by atoms with van der Waals surface area (Å²) < 4.78 is 0. The minimum atomic E-state index is 0.523. The summed E-state index contributed by atoms with van der Waals surface area (Å²) in [4.78, 5) is 8.91. The highest BCUT2D eigenvalue weighted by Crippen LogP contribution is 2.24. The highest BCUT2D eigenvalue weighted by Gasteiger charge is 2.14. The molecule has 0 aliphatic rings. The molecule has 1 aromatic heterocycles. The van der Waals surface area contributed by atoms with E-state index in [-0.39, 0.29) is 0 Å². The van der Waals surface area contributed by atoms with Gasteiger partial charge in [-0.1, -0.05) is 46.5 Å². The molecular formula is C17H32N4. The maximum absolute atomic E-state index is 4.51. The number of aromatic nitrogens is 2. The van der Waals surface area contributed by atoms with Gasteiger partial charge >= 0.3 is 0 Å². The Kier molecular flexibility index (Phi) is 8.79. The van der Waals surface area contributed by atoms with E-state index in [4.69, 9.17) is 0 Å². The molecule has 0 saturated heterocycles. The van der Waals surface area contributed by atoms with Crippen LogP contribution in [0.1, 0.15) is 71.8 Å². The molecule has 4 nitrogen and oxygen atoms in total. The summed E-state index contributed by atoms with van der Waals surface area (Å²) in [6.45, 7) is 9.69. The van der Waals surface area contributed by atoms with Crippen molar-refractivity contribution in [3.63, 3.8) is 0 Å². The van der Waals surface area contributed by atoms with E-state index in [0.717, 1.165) is 31.0 Å². The van der Waals surface area contributed by atoms with Crippen molar-refractivity contribution < 1.29 is 0 Å². The maximum Gasteiger partial charge on any atom is 0.134 e. The molecule has 120 valence electrons. The topological polar surface area (TPSA) is 49.8 Å². The average Bonchev–Trinajstić information content (AvgIpc) is 2.48. The molecule has 1 atom stereocenters. The normalized spacial score (nSPS) is 12.2. The van der Waals surface area contributed by atoms with Crippen LogP contribution in [0, 0.1) is 0 Å². The van der Waals surface area contributed by atoms with Gasteiger partial charge in [-0.25, -0.2) is 9.97 Å². The van der Waals surface area contributed by atoms with Crippen LogP contribution < -0.4 is 10.6 Å². The minimum absolute atomic E-state index is 0.523. The molecule has 0 aliphatic heterocycles. The van der Waals surface area contributed by atoms with Crippen LogP contribution in [-0.4, -0.2) is 22.6 Å². The van der Waals surface area contributed by atoms with Crippen LogP contribution in [0.5, 0.6) is 0 Å². The molecule has 0 radical (unpaired) electrons. The van der Waals surface area contributed by atoms with Gasteiger partial charge in [-0.05, 0) is 26.2 Å². The van der Waals surface area contributed by atoms with Crippen molar-refractivity contribution in [3.05, 3.63) is 11.9 Å². The number of anilines is 2. The first-order valence-electron chi connectivity index (χ1n) is 8.60. The Balaban J connectivity index is 2.89. The molecule has 0 saturated carbocycles. The van der Waals surface area contributed by atoms with Crippen molar-refractivity contribution in [2.24, 2.45) is 0 Å². The molecule has 4 heteroatoms. The first kappa shape index (κ1) is 17.7. The van der Waals surface area contributed by atoms with Crippen molar-refractivity contribution in [3.8, 4) is 0 Å². The predicted molar refractivity (Wildman–Crippen MR) is 92.0 cm³/mol. The zero-order chi connectivity index (χ0) is 15.5. The Morgan fingerprint density at radius 3 is 2.33 bits per heavy atom. The number of hydrogen-bond donors (Lipinski definition) is 2. The third-order valence-corrected chi connectivity index (χ3v) is 3.67. The Morgan fingerprint density at radius 1 is 0.952 bits per heavy atom. The van der Waals surface area contributed by atoms with E-state index in [1.165, 1.54) is 37.7 Å². The summed E-state index contributed by atoms with van der Waals surface area (Å²) in [5, 5.41) is 7.03. The third kappa shape index (κ3) is 5.90. The van der Waals surface area contributed by atoms with Gasteiger partial charge in [0.1, 0.15) is 18.0 Å². The van der Waals surface area contributed by atoms with Gasteiger partial charge in [0.15, 0.2) is 0 Å². The Bertz CT molecular complexity index is 392. The first-order valence-corrected chi connectivity index (χ1v) is 8.60. The summed E-state index contributed by atoms with van der Waals surface area (Å²) >= 11 is 0. The highest BCUT2D eigenvalue weighted by atomic mass is 15.1. The molecule has 1 heterocycles. The predicted octanol–water partition coefficient (Wildman–Crippen LogP) is 4.63. The zero-order valence-electron chi connectivity index (χ0n) is 14.2. The van der Waals surface area contributed by atoms with Gasteiger partial charge in [-0.15, -0.1) is 0 Å². The van der Waals surface area contributed by atoms with Gasteiger partial charge in [0.2, 0.25) is 0 Å². The SMILES string of the molecule is CCCCC(CCC)Nc1ncnc(NCC)c1CCC. The molecule has 1 unspecified atom stereocenters. The standard InChI is InChI=1S/C17H32N4/c1-5-9-12-14(10-6-2)21-17-15(11-7-3)16(18-8-4)19-13-20-17/h13-14H,5-12H2,1-4H3,(H2,18,19,20,21). The monoisotopic (exact) mass is 292 g/mol. The Labute approximate surface area is 130 Å². The van der Waals surface area contributed by atoms with E-state index in [0.29, 0.717) is 6.04 Å². The zero-order valence-corrected chi connectivity index (χ0v) is 14.2. The van der Waals surface area contributed by atoms with Crippen molar-refractivity contribution in [2.75, 3.05) is 17.2 Å². The van der Waals surface area contributed by atoms with Gasteiger partial charge in [0.05, 0.1) is 0 Å². The van der Waals surface area contributed by atoms with Crippen LogP contribution in [0.15, 0.2) is 6.33 Å². The van der Waals surface area contributed by atoms with Crippen molar-refractivity contribution in [1.29, 1.82) is 0 Å². The smallest absolute Gasteiger partial charge is 0.134 e. The fraction of sp³-hybridized carbons (Fsp3) is 0.765. The van der Waals surface area contributed by atoms with Crippen molar-refractivity contribution in [2.45, 2.75) is 78.7 Å². The summed E-state index contributed by atoms with van der Waals surface area (Å²) in [6, 6.07) is 0.523. The lowest BCUT2D eigenvalue weighted by molar-refractivity contribution is 0.562. The first-order chi connectivity index (χ1) is 10.3. The lowest BCUT2D eigenvalue weighted by atomic mass is 10.0. The molecule has 0 spiro atoms. The van der Waals surface area contributed by atoms with E-state index in [1.54, 1.807) is 6.33 Å². The second kappa shape index (κ2) is 10.4. The number of nitrogens with zero attached hydrogens (tertiary/aromatic N) is 2. The van der Waals surface area contributed by atoms with Gasteiger partial charge in [0.25, 0.3) is 0 Å². The molecule has 0 aromatic carbocycles. The molecule has 1 aromatic rings. The second-order valence-corrected chi connectivity index (χ2v) is 5.60. The van der Waals surface area contributed by atoms with Crippen molar-refractivity contribution >= 4 is 11.6 Å². The van der Waals surface area contributed by atoms with Crippen LogP contribution in [0.3, 0.4) is 0 Å². The Morgan fingerprint density at radius 2 is 1.71 bits per heavy atom. The third-order valence-electron chi connectivity index (χ3n) is 3.67. The number of hydrogen-bond acceptors (Lipinski definition) is 4. The molecule has 0 aliphatic carbocycles. The Hall–Kier alpha value is -1.32. The molecule has 2 N–H and O–H groups in total. The van der Waals surface area contributed by atoms with E-state index >= 15 is 0 Å². The molecule has 21 heavy (non-hydrogen) atoms. The molecule has 0 bridgehead atoms. The van der Waals surface area contributed by atoms with Crippen LogP contribution >= 0.6 is 0 Å². The molecular weight excluding hydrogens is 260 g/mol. The van der Waals surface area contributed by atoms with Crippen LogP contribution in [0.4, 0.5) is 11.6 Å². The summed E-state index contributed by atoms with van der Waals surface area (Å²) in [7, 11) is 0. The fourth-order valence-corrected chi connectivity index (χ4v) is 2.62.